The molecule has 0 aromatic rings. The summed E-state index contributed by atoms with van der Waals surface area (Å²) in [5, 5.41) is 0. The van der Waals surface area contributed by atoms with Gasteiger partial charge in [0.15, 0.2) is 11.5 Å². The molecule has 448 valence electrons. The van der Waals surface area contributed by atoms with Gasteiger partial charge in [0.25, 0.3) is 0 Å². The van der Waals surface area contributed by atoms with E-state index in [-0.39, 0.29) is 13.6 Å². The third-order valence-corrected chi connectivity index (χ3v) is 15.0. The smallest absolute Gasteiger partial charge is 0.159 e. The number of rotatable bonds is 66. The van der Waals surface area contributed by atoms with E-state index < -0.39 is 0 Å². The Morgan fingerprint density at radius 1 is 0.187 bits per heavy atom. The fraction of sp³-hybridized carbons (Fsp3) is 0.941. The van der Waals surface area contributed by atoms with Crippen molar-refractivity contribution in [1.82, 2.24) is 0 Å². The average molecular weight is 1060 g/mol. The number of hydrogen-bond acceptors (Lipinski definition) is 7. The van der Waals surface area contributed by atoms with Crippen LogP contribution in [-0.2, 0) is 33.2 Å². The number of allylic oxidation sites excluding steroid dienone is 2. The Morgan fingerprint density at radius 3 is 0.600 bits per heavy atom. The maximum atomic E-state index is 6.61. The van der Waals surface area contributed by atoms with Crippen molar-refractivity contribution in [2.75, 3.05) is 53.2 Å². The molecule has 0 N–H and O–H groups in total. The minimum atomic E-state index is 0.129. The van der Waals surface area contributed by atoms with Crippen molar-refractivity contribution in [3.63, 3.8) is 0 Å². The van der Waals surface area contributed by atoms with E-state index in [1.807, 2.05) is 0 Å². The molecule has 0 aliphatic rings. The van der Waals surface area contributed by atoms with Crippen LogP contribution in [-0.4, -0.2) is 53.2 Å². The van der Waals surface area contributed by atoms with Crippen LogP contribution in [0.4, 0.5) is 0 Å². The summed E-state index contributed by atoms with van der Waals surface area (Å²) in [6, 6.07) is 0. The molecule has 0 rings (SSSR count). The molecule has 0 fully saturated rings. The Morgan fingerprint density at radius 2 is 0.373 bits per heavy atom. The van der Waals surface area contributed by atoms with Gasteiger partial charge in [-0.3, -0.25) is 0 Å². The first-order chi connectivity index (χ1) is 37.2. The lowest BCUT2D eigenvalue weighted by molar-refractivity contribution is -0.132. The van der Waals surface area contributed by atoms with Crippen LogP contribution in [0.15, 0.2) is 23.0 Å². The molecule has 0 aromatic heterocycles. The zero-order valence-electron chi connectivity index (χ0n) is 51.9. The van der Waals surface area contributed by atoms with Crippen molar-refractivity contribution in [3.05, 3.63) is 23.0 Å². The van der Waals surface area contributed by atoms with Crippen molar-refractivity contribution in [2.45, 2.75) is 363 Å². The van der Waals surface area contributed by atoms with Gasteiger partial charge in [-0.25, -0.2) is 0 Å². The first-order valence-electron chi connectivity index (χ1n) is 33.9. The summed E-state index contributed by atoms with van der Waals surface area (Å²) in [5.41, 5.74) is 0. The van der Waals surface area contributed by atoms with Crippen molar-refractivity contribution in [3.8, 4) is 0 Å². The standard InChI is InChI=1S/C68H134O7/c1-7-13-19-25-27-29-31-33-35-37-39-41-43-49-55-65(72-57-51-45-21-15-9-3)67(74-59-53-47-23-17-11-5)61-69-63-71-64-70-62-68(75-60-54-48-24-18-12-6)66(73-58-52-46-22-16-10-4)56-50-44-42-40-38-36-34-32-30-28-26-20-14-8-2/h7-64H2,1-6H3. The molecule has 75 heavy (non-hydrogen) atoms. The van der Waals surface area contributed by atoms with Gasteiger partial charge in [0, 0.05) is 12.8 Å². The zero-order chi connectivity index (χ0) is 54.3. The summed E-state index contributed by atoms with van der Waals surface area (Å²) in [6.07, 6.45) is 64.2. The molecule has 0 saturated carbocycles. The first kappa shape index (κ1) is 73.6. The molecule has 0 unspecified atom stereocenters. The van der Waals surface area contributed by atoms with Gasteiger partial charge in [-0.15, -0.1) is 0 Å². The fourth-order valence-electron chi connectivity index (χ4n) is 9.97. The van der Waals surface area contributed by atoms with Gasteiger partial charge in [-0.1, -0.05) is 311 Å². The highest BCUT2D eigenvalue weighted by atomic mass is 16.7. The Hall–Kier alpha value is -1.44. The van der Waals surface area contributed by atoms with Crippen LogP contribution < -0.4 is 0 Å². The molecule has 0 aliphatic heterocycles. The van der Waals surface area contributed by atoms with Crippen LogP contribution in [0.2, 0.25) is 0 Å². The van der Waals surface area contributed by atoms with Crippen molar-refractivity contribution >= 4 is 0 Å². The molecule has 0 atom stereocenters. The quantitative estimate of drug-likeness (QED) is 0.0342. The summed E-state index contributed by atoms with van der Waals surface area (Å²) in [6.45, 7) is 17.5. The maximum absolute atomic E-state index is 6.61. The third kappa shape index (κ3) is 55.7. The predicted molar refractivity (Wildman–Crippen MR) is 325 cm³/mol. The van der Waals surface area contributed by atoms with Gasteiger partial charge < -0.3 is 33.2 Å². The molecule has 0 amide bonds. The van der Waals surface area contributed by atoms with Gasteiger partial charge in [0.2, 0.25) is 0 Å². The van der Waals surface area contributed by atoms with Gasteiger partial charge >= 0.3 is 0 Å². The predicted octanol–water partition coefficient (Wildman–Crippen LogP) is 23.1. The van der Waals surface area contributed by atoms with Crippen LogP contribution in [0.1, 0.15) is 363 Å². The molecule has 0 aliphatic carbocycles. The van der Waals surface area contributed by atoms with Crippen LogP contribution in [0.5, 0.6) is 0 Å². The molecule has 0 bridgehead atoms. The van der Waals surface area contributed by atoms with E-state index in [9.17, 15) is 0 Å². The lowest BCUT2D eigenvalue weighted by atomic mass is 10.0. The summed E-state index contributed by atoms with van der Waals surface area (Å²) in [4.78, 5) is 0. The molecule has 0 saturated heterocycles. The van der Waals surface area contributed by atoms with Gasteiger partial charge in [-0.2, -0.15) is 0 Å². The second-order valence-corrected chi connectivity index (χ2v) is 22.6. The molecular weight excluding hydrogens is 929 g/mol. The van der Waals surface area contributed by atoms with Crippen molar-refractivity contribution in [1.29, 1.82) is 0 Å². The normalized spacial score (nSPS) is 12.3. The molecular formula is C68H134O7. The Balaban J connectivity index is 5.56. The summed E-state index contributed by atoms with van der Waals surface area (Å²) in [7, 11) is 0. The molecule has 7 heteroatoms. The molecule has 0 spiro atoms. The van der Waals surface area contributed by atoms with Gasteiger partial charge in [0.1, 0.15) is 38.3 Å². The summed E-state index contributed by atoms with van der Waals surface area (Å²) >= 11 is 0. The summed E-state index contributed by atoms with van der Waals surface area (Å²) < 4.78 is 44.8. The molecule has 0 radical (unpaired) electrons. The van der Waals surface area contributed by atoms with Crippen LogP contribution in [0, 0.1) is 0 Å². The Labute approximate surface area is 470 Å². The fourth-order valence-corrected chi connectivity index (χ4v) is 9.97. The van der Waals surface area contributed by atoms with Crippen LogP contribution >= 0.6 is 0 Å². The SMILES string of the molecule is CCCCCCCCCCCCCCCCC(OCCCCCCC)=C(COCOCOCC(OCCCCCCC)=C(CCCCCCCCCCCCCCCC)OCCCCCCC)OCCCCCCC. The molecule has 0 heterocycles. The van der Waals surface area contributed by atoms with Gasteiger partial charge in [0.05, 0.1) is 26.4 Å². The second kappa shape index (κ2) is 65.1. The third-order valence-electron chi connectivity index (χ3n) is 15.0. The van der Waals surface area contributed by atoms with Crippen LogP contribution in [0.25, 0.3) is 0 Å². The lowest BCUT2D eigenvalue weighted by Crippen LogP contribution is -2.14. The van der Waals surface area contributed by atoms with E-state index in [0.29, 0.717) is 26.4 Å². The highest BCUT2D eigenvalue weighted by molar-refractivity contribution is 5.03. The van der Waals surface area contributed by atoms with E-state index in [1.54, 1.807) is 0 Å². The Kier molecular flexibility index (Phi) is 63.8. The second-order valence-electron chi connectivity index (χ2n) is 22.6. The number of unbranched alkanes of at least 4 members (excludes halogenated alkanes) is 42. The Bertz CT molecular complexity index is 1050. The van der Waals surface area contributed by atoms with E-state index >= 15 is 0 Å². The highest BCUT2D eigenvalue weighted by Gasteiger charge is 2.15. The number of hydrogen-bond donors (Lipinski definition) is 0. The highest BCUT2D eigenvalue weighted by Crippen LogP contribution is 2.23. The topological polar surface area (TPSA) is 64.6 Å². The minimum absolute atomic E-state index is 0.129. The maximum Gasteiger partial charge on any atom is 0.159 e. The largest absolute Gasteiger partial charge is 0.494 e. The van der Waals surface area contributed by atoms with Crippen molar-refractivity contribution < 1.29 is 33.2 Å². The zero-order valence-corrected chi connectivity index (χ0v) is 51.9. The van der Waals surface area contributed by atoms with E-state index in [4.69, 9.17) is 33.2 Å². The van der Waals surface area contributed by atoms with Gasteiger partial charge in [-0.05, 0) is 38.5 Å². The van der Waals surface area contributed by atoms with Crippen molar-refractivity contribution in [2.24, 2.45) is 0 Å². The molecule has 7 nitrogen and oxygen atoms in total. The number of ether oxygens (including phenoxy) is 7. The van der Waals surface area contributed by atoms with E-state index in [2.05, 4.69) is 41.5 Å². The van der Waals surface area contributed by atoms with E-state index in [1.165, 1.54) is 270 Å². The molecule has 0 aromatic carbocycles. The minimum Gasteiger partial charge on any atom is -0.494 e. The van der Waals surface area contributed by atoms with E-state index in [0.717, 1.165) is 87.6 Å². The monoisotopic (exact) mass is 1060 g/mol. The average Bonchev–Trinajstić information content (AvgIpc) is 3.42. The van der Waals surface area contributed by atoms with Crippen LogP contribution in [0.3, 0.4) is 0 Å². The lowest BCUT2D eigenvalue weighted by Gasteiger charge is -2.19. The first-order valence-corrected chi connectivity index (χ1v) is 33.9. The summed E-state index contributed by atoms with van der Waals surface area (Å²) in [5.74, 6) is 3.70.